The highest BCUT2D eigenvalue weighted by atomic mass is 16.4. The molecule has 20 heteroatoms. The van der Waals surface area contributed by atoms with Gasteiger partial charge in [0.25, 0.3) is 0 Å². The van der Waals surface area contributed by atoms with Crippen molar-refractivity contribution >= 4 is 53.2 Å². The van der Waals surface area contributed by atoms with Crippen LogP contribution >= 0.6 is 0 Å². The Morgan fingerprint density at radius 1 is 0.745 bits per heavy atom. The van der Waals surface area contributed by atoms with Crippen LogP contribution in [-0.4, -0.2) is 135 Å². The summed E-state index contributed by atoms with van der Waals surface area (Å²) >= 11 is 0. The highest BCUT2D eigenvalue weighted by Crippen LogP contribution is 2.27. The summed E-state index contributed by atoms with van der Waals surface area (Å²) in [5, 5.41) is 29.7. The number of amides is 8. The smallest absolute Gasteiger partial charge is 0.326 e. The second-order valence-electron chi connectivity index (χ2n) is 14.9. The molecule has 0 unspecified atom stereocenters. The fourth-order valence-corrected chi connectivity index (χ4v) is 6.65. The molecule has 2 heterocycles. The summed E-state index contributed by atoms with van der Waals surface area (Å²) < 4.78 is 0. The summed E-state index contributed by atoms with van der Waals surface area (Å²) in [6.07, 6.45) is -0.467. The van der Waals surface area contributed by atoms with E-state index in [9.17, 15) is 53.4 Å². The predicted molar refractivity (Wildman–Crippen MR) is 196 cm³/mol. The van der Waals surface area contributed by atoms with Gasteiger partial charge in [-0.2, -0.15) is 0 Å². The van der Waals surface area contributed by atoms with E-state index in [1.807, 2.05) is 6.92 Å². The normalized spacial score (nSPS) is 20.7. The molecule has 0 aliphatic carbocycles. The lowest BCUT2D eigenvalue weighted by Gasteiger charge is -2.35. The quantitative estimate of drug-likeness (QED) is 0.0561. The van der Waals surface area contributed by atoms with Crippen molar-refractivity contribution in [3.63, 3.8) is 0 Å². The Balaban J connectivity index is 2.23. The molecule has 12 N–H and O–H groups in total. The van der Waals surface area contributed by atoms with E-state index in [2.05, 4.69) is 21.3 Å². The summed E-state index contributed by atoms with van der Waals surface area (Å²) in [5.74, 6) is -7.77. The molecule has 0 aromatic heterocycles. The predicted octanol–water partition coefficient (Wildman–Crippen LogP) is -3.07. The van der Waals surface area contributed by atoms with Crippen LogP contribution in [0.2, 0.25) is 0 Å². The number of carbonyl (C=O) groups is 9. The molecule has 2 fully saturated rings. The minimum atomic E-state index is -1.63. The lowest BCUT2D eigenvalue weighted by Crippen LogP contribution is -2.61. The Morgan fingerprint density at radius 2 is 1.33 bits per heavy atom. The number of primary amides is 2. The van der Waals surface area contributed by atoms with Gasteiger partial charge in [0.2, 0.25) is 47.3 Å². The number of nitrogens with one attached hydrogen (secondary N) is 4. The molecule has 55 heavy (non-hydrogen) atoms. The molecule has 310 valence electrons. The van der Waals surface area contributed by atoms with Crippen LogP contribution < -0.4 is 38.5 Å². The summed E-state index contributed by atoms with van der Waals surface area (Å²) in [5.41, 5.74) is 16.1. The fourth-order valence-electron chi connectivity index (χ4n) is 6.65. The third-order valence-corrected chi connectivity index (χ3v) is 9.89. The zero-order chi connectivity index (χ0) is 41.7. The number of aliphatic hydroxyl groups excluding tert-OH is 1. The van der Waals surface area contributed by atoms with E-state index in [0.29, 0.717) is 25.7 Å². The maximum Gasteiger partial charge on any atom is 0.326 e. The monoisotopic (exact) mass is 781 g/mol. The highest BCUT2D eigenvalue weighted by molar-refractivity contribution is 5.98. The van der Waals surface area contributed by atoms with Gasteiger partial charge in [0.1, 0.15) is 36.3 Å². The third kappa shape index (κ3) is 13.4. The van der Waals surface area contributed by atoms with Crippen LogP contribution in [0.1, 0.15) is 92.4 Å². The molecule has 0 aromatic rings. The molecule has 0 saturated carbocycles. The van der Waals surface area contributed by atoms with E-state index in [1.54, 1.807) is 20.8 Å². The second-order valence-corrected chi connectivity index (χ2v) is 14.9. The van der Waals surface area contributed by atoms with Gasteiger partial charge in [-0.25, -0.2) is 4.79 Å². The molecule has 8 amide bonds. The SMILES string of the molecule is CC[C@H](C)[C@H](NC(=O)[C@@H](N)CC(N)=O)C(=O)N1CCC[C@H]1C(=O)N1CCC[C@H]1C(=O)N[C@@H](CC(C)C)C(=O)N[C@H](C(=O)N[C@@H](CCC(N)=O)C(=O)O)[C@@H](C)O. The minimum absolute atomic E-state index is 0.0967. The van der Waals surface area contributed by atoms with Gasteiger partial charge in [-0.05, 0) is 57.3 Å². The summed E-state index contributed by atoms with van der Waals surface area (Å²) in [6, 6.07) is -8.63. The van der Waals surface area contributed by atoms with Gasteiger partial charge in [0.05, 0.1) is 18.6 Å². The van der Waals surface area contributed by atoms with E-state index in [0.717, 1.165) is 0 Å². The summed E-state index contributed by atoms with van der Waals surface area (Å²) in [4.78, 5) is 118. The Hall–Kier alpha value is -4.85. The largest absolute Gasteiger partial charge is 0.480 e. The molecule has 9 atom stereocenters. The van der Waals surface area contributed by atoms with E-state index in [1.165, 1.54) is 16.7 Å². The first-order chi connectivity index (χ1) is 25.7. The van der Waals surface area contributed by atoms with Crippen molar-refractivity contribution < 1.29 is 53.4 Å². The first-order valence-corrected chi connectivity index (χ1v) is 18.7. The number of carboxylic acids is 1. The average Bonchev–Trinajstić information content (AvgIpc) is 3.80. The van der Waals surface area contributed by atoms with Crippen LogP contribution in [0.3, 0.4) is 0 Å². The molecule has 0 spiro atoms. The molecule has 2 rings (SSSR count). The number of carboxylic acid groups (broad SMARTS) is 1. The van der Waals surface area contributed by atoms with Crippen molar-refractivity contribution in [1.82, 2.24) is 31.1 Å². The topological polar surface area (TPSA) is 327 Å². The van der Waals surface area contributed by atoms with Crippen LogP contribution in [0.15, 0.2) is 0 Å². The molecule has 0 bridgehead atoms. The fraction of sp³-hybridized carbons (Fsp3) is 0.743. The number of nitrogens with zero attached hydrogens (tertiary/aromatic N) is 2. The van der Waals surface area contributed by atoms with E-state index in [-0.39, 0.29) is 50.6 Å². The number of hydrogen-bond acceptors (Lipinski definition) is 11. The van der Waals surface area contributed by atoms with Gasteiger partial charge >= 0.3 is 5.97 Å². The van der Waals surface area contributed by atoms with Crippen molar-refractivity contribution in [2.75, 3.05) is 13.1 Å². The molecule has 20 nitrogen and oxygen atoms in total. The van der Waals surface area contributed by atoms with Crippen LogP contribution in [0.4, 0.5) is 0 Å². The van der Waals surface area contributed by atoms with Gasteiger partial charge in [-0.15, -0.1) is 0 Å². The number of hydrogen-bond donors (Lipinski definition) is 9. The average molecular weight is 782 g/mol. The van der Waals surface area contributed by atoms with Crippen LogP contribution in [0.5, 0.6) is 0 Å². The molecule has 2 aliphatic heterocycles. The molecule has 0 aromatic carbocycles. The van der Waals surface area contributed by atoms with Crippen molar-refractivity contribution in [2.45, 2.75) is 141 Å². The third-order valence-electron chi connectivity index (χ3n) is 9.89. The molecular formula is C35H59N9O11. The molecule has 0 radical (unpaired) electrons. The van der Waals surface area contributed by atoms with E-state index in [4.69, 9.17) is 17.2 Å². The van der Waals surface area contributed by atoms with Gasteiger partial charge < -0.3 is 58.5 Å². The lowest BCUT2D eigenvalue weighted by atomic mass is 9.96. The lowest BCUT2D eigenvalue weighted by molar-refractivity contribution is -0.148. The van der Waals surface area contributed by atoms with Crippen LogP contribution in [0, 0.1) is 11.8 Å². The summed E-state index contributed by atoms with van der Waals surface area (Å²) in [7, 11) is 0. The van der Waals surface area contributed by atoms with E-state index >= 15 is 0 Å². The Kier molecular flexibility index (Phi) is 17.9. The number of likely N-dealkylation sites (tertiary alicyclic amines) is 2. The van der Waals surface area contributed by atoms with Gasteiger partial charge in [0, 0.05) is 19.5 Å². The van der Waals surface area contributed by atoms with Crippen LogP contribution in [0.25, 0.3) is 0 Å². The minimum Gasteiger partial charge on any atom is -0.480 e. The zero-order valence-electron chi connectivity index (χ0n) is 32.2. The first kappa shape index (κ1) is 46.3. The van der Waals surface area contributed by atoms with Crippen LogP contribution in [-0.2, 0) is 43.2 Å². The van der Waals surface area contributed by atoms with E-state index < -0.39 is 108 Å². The maximum atomic E-state index is 14.1. The number of aliphatic carboxylic acids is 1. The molecular weight excluding hydrogens is 722 g/mol. The van der Waals surface area contributed by atoms with Gasteiger partial charge in [-0.3, -0.25) is 38.4 Å². The Labute approximate surface area is 320 Å². The molecule has 2 saturated heterocycles. The number of nitrogens with two attached hydrogens (primary N) is 3. The number of rotatable bonds is 21. The first-order valence-electron chi connectivity index (χ1n) is 18.7. The maximum absolute atomic E-state index is 14.1. The van der Waals surface area contributed by atoms with Gasteiger partial charge in [-0.1, -0.05) is 34.1 Å². The summed E-state index contributed by atoms with van der Waals surface area (Å²) in [6.45, 7) is 8.80. The second kappa shape index (κ2) is 21.3. The number of aliphatic hydroxyl groups is 1. The van der Waals surface area contributed by atoms with Crippen molar-refractivity contribution in [3.8, 4) is 0 Å². The van der Waals surface area contributed by atoms with Crippen molar-refractivity contribution in [3.05, 3.63) is 0 Å². The van der Waals surface area contributed by atoms with Crippen molar-refractivity contribution in [1.29, 1.82) is 0 Å². The van der Waals surface area contributed by atoms with Crippen molar-refractivity contribution in [2.24, 2.45) is 29.0 Å². The molecule has 2 aliphatic rings. The Bertz CT molecular complexity index is 1440. The highest BCUT2D eigenvalue weighted by Gasteiger charge is 2.45. The van der Waals surface area contributed by atoms with Gasteiger partial charge in [0.15, 0.2) is 0 Å². The number of carbonyl (C=O) groups excluding carboxylic acids is 8. The zero-order valence-corrected chi connectivity index (χ0v) is 32.2. The Morgan fingerprint density at radius 3 is 1.85 bits per heavy atom. The standard InChI is InChI=1S/C35H59N9O11/c1-6-18(4)27(41-29(48)20(36)16-26(38)47)34(53)44-14-8-10-24(44)33(52)43-13-7-9-23(43)31(50)40-22(15-17(2)3)30(49)42-28(19(5)45)32(51)39-21(35(54)55)11-12-25(37)46/h17-24,27-28,45H,6-16,36H2,1-5H3,(H2,37,46)(H2,38,47)(H,39,51)(H,40,50)(H,41,48)(H,42,49)(H,54,55)/t18-,19+,20-,21-,22-,23-,24-,27-,28-/m0/s1.